The standard InChI is InChI=1S/C21H35FO4/c1-6-24-21(25-7-2)15-26-20(12-13-23-5)19(16(3)4)14-17-8-10-18(22)11-9-17/h8-11,16,19-21H,6-7,12-15H2,1-5H3/t19-,20+/m0/s1. The topological polar surface area (TPSA) is 36.9 Å². The van der Waals surface area contributed by atoms with Crippen LogP contribution in [0.4, 0.5) is 4.39 Å². The Morgan fingerprint density at radius 2 is 1.58 bits per heavy atom. The van der Waals surface area contributed by atoms with Gasteiger partial charge in [-0.3, -0.25) is 0 Å². The number of methoxy groups -OCH3 is 1. The summed E-state index contributed by atoms with van der Waals surface area (Å²) >= 11 is 0. The van der Waals surface area contributed by atoms with Crippen LogP contribution in [0.3, 0.4) is 0 Å². The first-order valence-electron chi connectivity index (χ1n) is 9.59. The van der Waals surface area contributed by atoms with Gasteiger partial charge in [-0.1, -0.05) is 26.0 Å². The second-order valence-corrected chi connectivity index (χ2v) is 6.73. The minimum Gasteiger partial charge on any atom is -0.385 e. The Kier molecular flexibility index (Phi) is 11.7. The van der Waals surface area contributed by atoms with Crippen molar-refractivity contribution in [1.29, 1.82) is 0 Å². The molecule has 150 valence electrons. The maximum atomic E-state index is 13.2. The molecule has 0 saturated heterocycles. The number of benzene rings is 1. The van der Waals surface area contributed by atoms with Crippen LogP contribution in [0.15, 0.2) is 24.3 Å². The van der Waals surface area contributed by atoms with Crippen LogP contribution in [-0.4, -0.2) is 45.9 Å². The number of ether oxygens (including phenoxy) is 4. The lowest BCUT2D eigenvalue weighted by Gasteiger charge is -2.31. The van der Waals surface area contributed by atoms with Gasteiger partial charge in [-0.25, -0.2) is 4.39 Å². The van der Waals surface area contributed by atoms with Crippen LogP contribution in [0.5, 0.6) is 0 Å². The maximum absolute atomic E-state index is 13.2. The molecule has 1 rings (SSSR count). The van der Waals surface area contributed by atoms with Crippen LogP contribution >= 0.6 is 0 Å². The molecule has 0 aliphatic carbocycles. The largest absolute Gasteiger partial charge is 0.385 e. The van der Waals surface area contributed by atoms with Gasteiger partial charge in [0, 0.05) is 26.9 Å². The van der Waals surface area contributed by atoms with Crippen LogP contribution in [0, 0.1) is 17.7 Å². The van der Waals surface area contributed by atoms with Crippen molar-refractivity contribution in [3.8, 4) is 0 Å². The van der Waals surface area contributed by atoms with Crippen LogP contribution in [0.25, 0.3) is 0 Å². The van der Waals surface area contributed by atoms with Gasteiger partial charge in [-0.15, -0.1) is 0 Å². The third kappa shape index (κ3) is 8.58. The molecule has 0 aliphatic rings. The van der Waals surface area contributed by atoms with E-state index >= 15 is 0 Å². The van der Waals surface area contributed by atoms with Crippen molar-refractivity contribution in [2.75, 3.05) is 33.5 Å². The van der Waals surface area contributed by atoms with Crippen molar-refractivity contribution < 1.29 is 23.3 Å². The van der Waals surface area contributed by atoms with Gasteiger partial charge in [0.05, 0.1) is 12.7 Å². The summed E-state index contributed by atoms with van der Waals surface area (Å²) in [5.41, 5.74) is 1.11. The van der Waals surface area contributed by atoms with E-state index in [1.54, 1.807) is 7.11 Å². The lowest BCUT2D eigenvalue weighted by Crippen LogP contribution is -2.35. The highest BCUT2D eigenvalue weighted by molar-refractivity contribution is 5.17. The molecule has 0 fully saturated rings. The van der Waals surface area contributed by atoms with E-state index in [1.807, 2.05) is 26.0 Å². The summed E-state index contributed by atoms with van der Waals surface area (Å²) in [6.45, 7) is 10.5. The highest BCUT2D eigenvalue weighted by Crippen LogP contribution is 2.26. The molecular weight excluding hydrogens is 335 g/mol. The third-order valence-corrected chi connectivity index (χ3v) is 4.48. The molecule has 1 aromatic rings. The monoisotopic (exact) mass is 370 g/mol. The molecule has 0 radical (unpaired) electrons. The molecule has 0 heterocycles. The van der Waals surface area contributed by atoms with E-state index in [1.165, 1.54) is 12.1 Å². The van der Waals surface area contributed by atoms with Crippen molar-refractivity contribution in [1.82, 2.24) is 0 Å². The molecule has 26 heavy (non-hydrogen) atoms. The Morgan fingerprint density at radius 3 is 2.08 bits per heavy atom. The summed E-state index contributed by atoms with van der Waals surface area (Å²) in [5, 5.41) is 0. The van der Waals surface area contributed by atoms with Gasteiger partial charge in [0.15, 0.2) is 6.29 Å². The predicted molar refractivity (Wildman–Crippen MR) is 102 cm³/mol. The van der Waals surface area contributed by atoms with Gasteiger partial charge < -0.3 is 18.9 Å². The first kappa shape index (κ1) is 23.0. The Labute approximate surface area is 158 Å². The molecule has 0 amide bonds. The zero-order valence-electron chi connectivity index (χ0n) is 16.9. The summed E-state index contributed by atoms with van der Waals surface area (Å²) < 4.78 is 35.9. The lowest BCUT2D eigenvalue weighted by atomic mass is 9.83. The van der Waals surface area contributed by atoms with Gasteiger partial charge in [0.1, 0.15) is 5.82 Å². The van der Waals surface area contributed by atoms with Gasteiger partial charge in [-0.2, -0.15) is 0 Å². The Bertz CT molecular complexity index is 458. The summed E-state index contributed by atoms with van der Waals surface area (Å²) in [5.74, 6) is 0.498. The normalized spacial score (nSPS) is 14.2. The minimum atomic E-state index is -0.353. The van der Waals surface area contributed by atoms with Gasteiger partial charge >= 0.3 is 0 Å². The zero-order chi connectivity index (χ0) is 19.4. The van der Waals surface area contributed by atoms with Crippen molar-refractivity contribution >= 4 is 0 Å². The molecule has 1 aromatic carbocycles. The van der Waals surface area contributed by atoms with E-state index in [0.29, 0.717) is 38.3 Å². The number of rotatable bonds is 14. The summed E-state index contributed by atoms with van der Waals surface area (Å²) in [4.78, 5) is 0. The fraction of sp³-hybridized carbons (Fsp3) is 0.714. The van der Waals surface area contributed by atoms with Crippen LogP contribution in [0.1, 0.15) is 39.7 Å². The van der Waals surface area contributed by atoms with E-state index in [-0.39, 0.29) is 18.2 Å². The quantitative estimate of drug-likeness (QED) is 0.453. The second kappa shape index (κ2) is 13.2. The average Bonchev–Trinajstić information content (AvgIpc) is 2.62. The number of hydrogen-bond acceptors (Lipinski definition) is 4. The summed E-state index contributed by atoms with van der Waals surface area (Å²) in [7, 11) is 1.70. The Balaban J connectivity index is 2.80. The predicted octanol–water partition coefficient (Wildman–Crippen LogP) is 4.46. The highest BCUT2D eigenvalue weighted by Gasteiger charge is 2.27. The van der Waals surface area contributed by atoms with Gasteiger partial charge in [0.25, 0.3) is 0 Å². The van der Waals surface area contributed by atoms with Crippen LogP contribution in [-0.2, 0) is 25.4 Å². The van der Waals surface area contributed by atoms with E-state index in [2.05, 4.69) is 13.8 Å². The van der Waals surface area contributed by atoms with E-state index < -0.39 is 0 Å². The Hall–Kier alpha value is -1.01. The second-order valence-electron chi connectivity index (χ2n) is 6.73. The van der Waals surface area contributed by atoms with E-state index in [0.717, 1.165) is 18.4 Å². The third-order valence-electron chi connectivity index (χ3n) is 4.48. The van der Waals surface area contributed by atoms with Crippen molar-refractivity contribution in [3.05, 3.63) is 35.6 Å². The maximum Gasteiger partial charge on any atom is 0.180 e. The molecule has 0 saturated carbocycles. The fourth-order valence-electron chi connectivity index (χ4n) is 3.06. The lowest BCUT2D eigenvalue weighted by molar-refractivity contribution is -0.183. The first-order valence-corrected chi connectivity index (χ1v) is 9.59. The SMILES string of the molecule is CCOC(CO[C@H](CCOC)[C@@H](Cc1ccc(F)cc1)C(C)C)OCC. The number of hydrogen-bond donors (Lipinski definition) is 0. The highest BCUT2D eigenvalue weighted by atomic mass is 19.1. The molecule has 5 heteroatoms. The molecule has 0 N–H and O–H groups in total. The first-order chi connectivity index (χ1) is 12.5. The zero-order valence-corrected chi connectivity index (χ0v) is 16.9. The Morgan fingerprint density at radius 1 is 0.962 bits per heavy atom. The summed E-state index contributed by atoms with van der Waals surface area (Å²) in [6, 6.07) is 6.72. The summed E-state index contributed by atoms with van der Waals surface area (Å²) in [6.07, 6.45) is 1.29. The fourth-order valence-corrected chi connectivity index (χ4v) is 3.06. The van der Waals surface area contributed by atoms with E-state index in [9.17, 15) is 4.39 Å². The van der Waals surface area contributed by atoms with Gasteiger partial charge in [-0.05, 0) is 56.2 Å². The van der Waals surface area contributed by atoms with Crippen molar-refractivity contribution in [2.24, 2.45) is 11.8 Å². The molecule has 0 spiro atoms. The molecule has 4 nitrogen and oxygen atoms in total. The minimum absolute atomic E-state index is 0.0171. The smallest absolute Gasteiger partial charge is 0.180 e. The van der Waals surface area contributed by atoms with Crippen molar-refractivity contribution in [3.63, 3.8) is 0 Å². The molecular formula is C21H35FO4. The molecule has 0 unspecified atom stereocenters. The number of halogens is 1. The average molecular weight is 371 g/mol. The molecule has 0 aromatic heterocycles. The molecule has 2 atom stereocenters. The van der Waals surface area contributed by atoms with Crippen molar-refractivity contribution in [2.45, 2.75) is 52.9 Å². The molecule has 0 aliphatic heterocycles. The van der Waals surface area contributed by atoms with E-state index in [4.69, 9.17) is 18.9 Å². The van der Waals surface area contributed by atoms with Crippen LogP contribution < -0.4 is 0 Å². The van der Waals surface area contributed by atoms with Gasteiger partial charge in [0.2, 0.25) is 0 Å². The molecule has 0 bridgehead atoms. The van der Waals surface area contributed by atoms with Crippen LogP contribution in [0.2, 0.25) is 0 Å².